The fourth-order valence-electron chi connectivity index (χ4n) is 3.69. The van der Waals surface area contributed by atoms with Gasteiger partial charge in [-0.25, -0.2) is 0 Å². The number of rotatable bonds is 5. The van der Waals surface area contributed by atoms with Gasteiger partial charge in [-0.2, -0.15) is 0 Å². The number of aliphatic hydroxyl groups is 1. The number of fused-ring (bicyclic) bond motifs is 1. The highest BCUT2D eigenvalue weighted by Gasteiger charge is 2.34. The minimum absolute atomic E-state index is 0.293. The third kappa shape index (κ3) is 3.64. The largest absolute Gasteiger partial charge is 0.383 e. The van der Waals surface area contributed by atoms with Crippen LogP contribution in [0.4, 0.5) is 0 Å². The van der Waals surface area contributed by atoms with Crippen molar-refractivity contribution in [3.05, 3.63) is 70.9 Å². The number of ketones is 1. The van der Waals surface area contributed by atoms with E-state index in [0.29, 0.717) is 36.9 Å². The van der Waals surface area contributed by atoms with Crippen LogP contribution in [0.15, 0.2) is 54.7 Å². The van der Waals surface area contributed by atoms with Crippen LogP contribution in [0, 0.1) is 0 Å². The minimum atomic E-state index is -1.19. The molecule has 3 aromatic rings. The Labute approximate surface area is 162 Å². The first-order chi connectivity index (χ1) is 13.1. The number of para-hydroxylation sites is 1. The quantitative estimate of drug-likeness (QED) is 0.661. The highest BCUT2D eigenvalue weighted by molar-refractivity contribution is 6.30. The number of benzene rings is 2. The Balaban J connectivity index is 1.69. The van der Waals surface area contributed by atoms with E-state index >= 15 is 0 Å². The molecule has 5 nitrogen and oxygen atoms in total. The number of morpholine rings is 1. The maximum Gasteiger partial charge on any atom is 0.195 e. The Hall–Kier alpha value is -2.18. The Kier molecular flexibility index (Phi) is 5.27. The zero-order valence-corrected chi connectivity index (χ0v) is 15.5. The first-order valence-electron chi connectivity index (χ1n) is 9.01. The highest BCUT2D eigenvalue weighted by Crippen LogP contribution is 2.30. The van der Waals surface area contributed by atoms with Crippen LogP contribution in [0.5, 0.6) is 0 Å². The summed E-state index contributed by atoms with van der Waals surface area (Å²) in [5, 5.41) is 12.5. The highest BCUT2D eigenvalue weighted by atomic mass is 35.5. The second-order valence-corrected chi connectivity index (χ2v) is 7.14. The molecule has 1 aromatic heterocycles. The van der Waals surface area contributed by atoms with Gasteiger partial charge >= 0.3 is 0 Å². The molecule has 2 N–H and O–H groups in total. The summed E-state index contributed by atoms with van der Waals surface area (Å²) in [7, 11) is 0. The number of H-pyrrole nitrogens is 1. The van der Waals surface area contributed by atoms with Gasteiger partial charge in [-0.15, -0.1) is 0 Å². The SMILES string of the molecule is O=C(c1c[nH]c2ccccc12)[C@H](O)[C@@H](c1ccc(Cl)cc1)N1CCOCC1. The number of aromatic nitrogens is 1. The molecule has 0 bridgehead atoms. The molecule has 27 heavy (non-hydrogen) atoms. The molecule has 6 heteroatoms. The van der Waals surface area contributed by atoms with Gasteiger partial charge in [-0.1, -0.05) is 41.9 Å². The smallest absolute Gasteiger partial charge is 0.195 e. The summed E-state index contributed by atoms with van der Waals surface area (Å²) in [5.74, 6) is -0.293. The Morgan fingerprint density at radius 1 is 1.11 bits per heavy atom. The van der Waals surface area contributed by atoms with Crippen LogP contribution in [0.1, 0.15) is 22.0 Å². The number of aromatic amines is 1. The van der Waals surface area contributed by atoms with Crippen LogP contribution in [0.2, 0.25) is 5.02 Å². The first-order valence-corrected chi connectivity index (χ1v) is 9.38. The van der Waals surface area contributed by atoms with Crippen LogP contribution in [0.25, 0.3) is 10.9 Å². The number of Topliss-reactive ketones (excluding diaryl/α,β-unsaturated/α-hetero) is 1. The van der Waals surface area contributed by atoms with Gasteiger partial charge in [0.25, 0.3) is 0 Å². The van der Waals surface area contributed by atoms with Crippen molar-refractivity contribution in [1.82, 2.24) is 9.88 Å². The molecule has 0 unspecified atom stereocenters. The molecular formula is C21H21ClN2O3. The van der Waals surface area contributed by atoms with Gasteiger partial charge < -0.3 is 14.8 Å². The molecule has 1 saturated heterocycles. The fraction of sp³-hybridized carbons (Fsp3) is 0.286. The van der Waals surface area contributed by atoms with E-state index in [1.807, 2.05) is 36.4 Å². The van der Waals surface area contributed by atoms with E-state index in [4.69, 9.17) is 16.3 Å². The summed E-state index contributed by atoms with van der Waals surface area (Å²) in [5.41, 5.74) is 2.25. The molecule has 4 rings (SSSR count). The molecular weight excluding hydrogens is 364 g/mol. The Bertz CT molecular complexity index is 932. The van der Waals surface area contributed by atoms with Gasteiger partial charge in [0.15, 0.2) is 5.78 Å². The summed E-state index contributed by atoms with van der Waals surface area (Å²) in [6.07, 6.45) is 0.484. The monoisotopic (exact) mass is 384 g/mol. The lowest BCUT2D eigenvalue weighted by Gasteiger charge is -2.37. The van der Waals surface area contributed by atoms with Crippen molar-refractivity contribution < 1.29 is 14.6 Å². The summed E-state index contributed by atoms with van der Waals surface area (Å²) < 4.78 is 5.44. The molecule has 2 atom stereocenters. The zero-order chi connectivity index (χ0) is 18.8. The lowest BCUT2D eigenvalue weighted by molar-refractivity contribution is -0.0172. The average molecular weight is 385 g/mol. The number of halogens is 1. The van der Waals surface area contributed by atoms with Crippen molar-refractivity contribution in [3.63, 3.8) is 0 Å². The van der Waals surface area contributed by atoms with Crippen molar-refractivity contribution in [2.45, 2.75) is 12.1 Å². The fourth-order valence-corrected chi connectivity index (χ4v) is 3.81. The van der Waals surface area contributed by atoms with Crippen molar-refractivity contribution in [2.24, 2.45) is 0 Å². The zero-order valence-electron chi connectivity index (χ0n) is 14.8. The molecule has 0 radical (unpaired) electrons. The van der Waals surface area contributed by atoms with Gasteiger partial charge in [0.1, 0.15) is 6.10 Å². The second-order valence-electron chi connectivity index (χ2n) is 6.70. The number of aliphatic hydroxyl groups excluding tert-OH is 1. The maximum atomic E-state index is 13.2. The predicted molar refractivity (Wildman–Crippen MR) is 105 cm³/mol. The third-order valence-corrected chi connectivity index (χ3v) is 5.32. The van der Waals surface area contributed by atoms with E-state index in [2.05, 4.69) is 9.88 Å². The van der Waals surface area contributed by atoms with Crippen LogP contribution in [0.3, 0.4) is 0 Å². The average Bonchev–Trinajstić information content (AvgIpc) is 3.14. The van der Waals surface area contributed by atoms with E-state index in [1.54, 1.807) is 18.3 Å². The van der Waals surface area contributed by atoms with Gasteiger partial charge in [-0.3, -0.25) is 9.69 Å². The van der Waals surface area contributed by atoms with Crippen LogP contribution >= 0.6 is 11.6 Å². The van der Waals surface area contributed by atoms with Gasteiger partial charge in [-0.05, 0) is 23.8 Å². The van der Waals surface area contributed by atoms with Crippen LogP contribution < -0.4 is 0 Å². The summed E-state index contributed by atoms with van der Waals surface area (Å²) in [4.78, 5) is 18.4. The first kappa shape index (κ1) is 18.2. The van der Waals surface area contributed by atoms with Crippen LogP contribution in [-0.4, -0.2) is 53.2 Å². The summed E-state index contributed by atoms with van der Waals surface area (Å²) in [6, 6.07) is 14.5. The molecule has 2 heterocycles. The molecule has 140 valence electrons. The number of nitrogens with one attached hydrogen (secondary N) is 1. The normalized spacial score (nSPS) is 17.7. The maximum absolute atomic E-state index is 13.2. The molecule has 0 spiro atoms. The molecule has 1 aliphatic rings. The van der Waals surface area contributed by atoms with E-state index in [-0.39, 0.29) is 5.78 Å². The third-order valence-electron chi connectivity index (χ3n) is 5.07. The van der Waals surface area contributed by atoms with Crippen molar-refractivity contribution in [2.75, 3.05) is 26.3 Å². The number of nitrogens with zero attached hydrogens (tertiary/aromatic N) is 1. The Morgan fingerprint density at radius 3 is 2.56 bits per heavy atom. The topological polar surface area (TPSA) is 65.6 Å². The Morgan fingerprint density at radius 2 is 1.81 bits per heavy atom. The number of ether oxygens (including phenoxy) is 1. The molecule has 1 aliphatic heterocycles. The van der Waals surface area contributed by atoms with E-state index in [1.165, 1.54) is 0 Å². The lowest BCUT2D eigenvalue weighted by atomic mass is 9.93. The summed E-state index contributed by atoms with van der Waals surface area (Å²) in [6.45, 7) is 2.48. The lowest BCUT2D eigenvalue weighted by Crippen LogP contribution is -2.46. The number of carbonyl (C=O) groups is 1. The van der Waals surface area contributed by atoms with Gasteiger partial charge in [0.05, 0.1) is 19.3 Å². The minimum Gasteiger partial charge on any atom is -0.383 e. The predicted octanol–water partition coefficient (Wildman–Crippen LogP) is 3.44. The molecule has 0 saturated carbocycles. The van der Waals surface area contributed by atoms with Crippen molar-refractivity contribution in [1.29, 1.82) is 0 Å². The molecule has 1 fully saturated rings. The molecule has 0 amide bonds. The summed E-state index contributed by atoms with van der Waals surface area (Å²) >= 11 is 6.02. The van der Waals surface area contributed by atoms with Crippen molar-refractivity contribution >= 4 is 28.3 Å². The number of hydrogen-bond donors (Lipinski definition) is 2. The molecule has 0 aliphatic carbocycles. The second kappa shape index (κ2) is 7.82. The van der Waals surface area contributed by atoms with E-state index < -0.39 is 12.1 Å². The van der Waals surface area contributed by atoms with E-state index in [9.17, 15) is 9.90 Å². The van der Waals surface area contributed by atoms with Crippen molar-refractivity contribution in [3.8, 4) is 0 Å². The van der Waals surface area contributed by atoms with E-state index in [0.717, 1.165) is 16.5 Å². The van der Waals surface area contributed by atoms with Crippen LogP contribution in [-0.2, 0) is 4.74 Å². The number of hydrogen-bond acceptors (Lipinski definition) is 4. The number of carbonyl (C=O) groups excluding carboxylic acids is 1. The standard InChI is InChI=1S/C21H21ClN2O3/c22-15-7-5-14(6-8-15)19(24-9-11-27-12-10-24)21(26)20(25)17-13-23-18-4-2-1-3-16(17)18/h1-8,13,19,21,23,26H,9-12H2/t19-,21-/m1/s1. The molecule has 2 aromatic carbocycles. The van der Waals surface area contributed by atoms with Gasteiger partial charge in [0, 0.05) is 40.8 Å². The van der Waals surface area contributed by atoms with Gasteiger partial charge in [0.2, 0.25) is 0 Å².